The SMILES string of the molecule is CCOC(=O)CN(CC1CC1F)C(=O)c1ccc(Br)c(F)c1. The van der Waals surface area contributed by atoms with E-state index in [0.717, 1.165) is 6.07 Å². The Kier molecular flexibility index (Phi) is 5.50. The molecule has 0 aliphatic heterocycles. The molecule has 2 unspecified atom stereocenters. The second-order valence-electron chi connectivity index (χ2n) is 5.13. The summed E-state index contributed by atoms with van der Waals surface area (Å²) in [4.78, 5) is 25.2. The zero-order valence-electron chi connectivity index (χ0n) is 12.0. The van der Waals surface area contributed by atoms with Crippen molar-refractivity contribution < 1.29 is 23.1 Å². The number of hydrogen-bond donors (Lipinski definition) is 0. The summed E-state index contributed by atoms with van der Waals surface area (Å²) in [6.45, 7) is 1.71. The topological polar surface area (TPSA) is 46.6 Å². The molecule has 4 nitrogen and oxygen atoms in total. The van der Waals surface area contributed by atoms with Crippen molar-refractivity contribution in [2.75, 3.05) is 19.7 Å². The molecule has 0 N–H and O–H groups in total. The van der Waals surface area contributed by atoms with E-state index in [1.54, 1.807) is 6.92 Å². The van der Waals surface area contributed by atoms with Crippen molar-refractivity contribution >= 4 is 27.8 Å². The van der Waals surface area contributed by atoms with Crippen LogP contribution in [0.1, 0.15) is 23.7 Å². The quantitative estimate of drug-likeness (QED) is 0.718. The maximum atomic E-state index is 13.6. The third kappa shape index (κ3) is 4.25. The Labute approximate surface area is 135 Å². The molecule has 22 heavy (non-hydrogen) atoms. The summed E-state index contributed by atoms with van der Waals surface area (Å²) >= 11 is 3.01. The van der Waals surface area contributed by atoms with E-state index in [1.807, 2.05) is 0 Å². The van der Waals surface area contributed by atoms with Crippen LogP contribution in [-0.2, 0) is 9.53 Å². The molecular weight excluding hydrogens is 360 g/mol. The molecule has 2 rings (SSSR count). The number of ether oxygens (including phenoxy) is 1. The summed E-state index contributed by atoms with van der Waals surface area (Å²) in [5.74, 6) is -1.92. The highest BCUT2D eigenvalue weighted by Crippen LogP contribution is 2.34. The van der Waals surface area contributed by atoms with Gasteiger partial charge in [-0.1, -0.05) is 0 Å². The number of halogens is 3. The predicted octanol–water partition coefficient (Wildman–Crippen LogP) is 2.95. The van der Waals surface area contributed by atoms with Crippen molar-refractivity contribution in [1.29, 1.82) is 0 Å². The van der Waals surface area contributed by atoms with E-state index in [4.69, 9.17) is 4.74 Å². The van der Waals surface area contributed by atoms with Crippen molar-refractivity contribution in [3.63, 3.8) is 0 Å². The number of carbonyl (C=O) groups excluding carboxylic acids is 2. The number of carbonyl (C=O) groups is 2. The summed E-state index contributed by atoms with van der Waals surface area (Å²) in [5, 5.41) is 0. The van der Waals surface area contributed by atoms with E-state index >= 15 is 0 Å². The van der Waals surface area contributed by atoms with E-state index in [0.29, 0.717) is 6.42 Å². The van der Waals surface area contributed by atoms with Gasteiger partial charge in [-0.15, -0.1) is 0 Å². The van der Waals surface area contributed by atoms with E-state index in [1.165, 1.54) is 17.0 Å². The number of esters is 1. The minimum atomic E-state index is -0.945. The summed E-state index contributed by atoms with van der Waals surface area (Å²) in [6, 6.07) is 3.96. The van der Waals surface area contributed by atoms with Crippen molar-refractivity contribution in [3.05, 3.63) is 34.1 Å². The lowest BCUT2D eigenvalue weighted by Crippen LogP contribution is -2.38. The summed E-state index contributed by atoms with van der Waals surface area (Å²) < 4.78 is 31.7. The van der Waals surface area contributed by atoms with Crippen LogP contribution in [0, 0.1) is 11.7 Å². The van der Waals surface area contributed by atoms with Crippen molar-refractivity contribution in [2.24, 2.45) is 5.92 Å². The Balaban J connectivity index is 2.13. The molecule has 1 fully saturated rings. The molecule has 1 saturated carbocycles. The van der Waals surface area contributed by atoms with Gasteiger partial charge in [-0.25, -0.2) is 8.78 Å². The Bertz CT molecular complexity index is 582. The highest BCUT2D eigenvalue weighted by atomic mass is 79.9. The molecule has 0 aromatic heterocycles. The van der Waals surface area contributed by atoms with E-state index < -0.39 is 23.9 Å². The second-order valence-corrected chi connectivity index (χ2v) is 5.99. The van der Waals surface area contributed by atoms with Gasteiger partial charge in [0, 0.05) is 18.0 Å². The molecular formula is C15H16BrF2NO3. The first-order chi connectivity index (χ1) is 10.4. The van der Waals surface area contributed by atoms with Crippen LogP contribution in [0.4, 0.5) is 8.78 Å². The largest absolute Gasteiger partial charge is 0.465 e. The number of rotatable bonds is 6. The van der Waals surface area contributed by atoms with Gasteiger partial charge < -0.3 is 9.64 Å². The van der Waals surface area contributed by atoms with Gasteiger partial charge in [0.2, 0.25) is 0 Å². The lowest BCUT2D eigenvalue weighted by atomic mass is 10.2. The van der Waals surface area contributed by atoms with Crippen LogP contribution in [0.25, 0.3) is 0 Å². The molecule has 1 aromatic rings. The van der Waals surface area contributed by atoms with E-state index in [9.17, 15) is 18.4 Å². The average Bonchev–Trinajstić information content (AvgIpc) is 3.16. The molecule has 1 aromatic carbocycles. The van der Waals surface area contributed by atoms with Crippen molar-refractivity contribution in [2.45, 2.75) is 19.5 Å². The summed E-state index contributed by atoms with van der Waals surface area (Å²) in [7, 11) is 0. The number of alkyl halides is 1. The van der Waals surface area contributed by atoms with Crippen LogP contribution in [-0.4, -0.2) is 42.6 Å². The minimum absolute atomic E-state index is 0.112. The van der Waals surface area contributed by atoms with Gasteiger partial charge in [0.25, 0.3) is 5.91 Å². The molecule has 0 spiro atoms. The zero-order chi connectivity index (χ0) is 16.3. The average molecular weight is 376 g/mol. The van der Waals surface area contributed by atoms with Gasteiger partial charge in [0.05, 0.1) is 11.1 Å². The Morgan fingerprint density at radius 3 is 2.68 bits per heavy atom. The standard InChI is InChI=1S/C15H16BrF2NO3/c1-2-22-14(20)8-19(7-10-6-12(10)17)15(21)9-3-4-11(16)13(18)5-9/h3-5,10,12H,2,6-8H2,1H3. The molecule has 0 heterocycles. The van der Waals surface area contributed by atoms with E-state index in [-0.39, 0.29) is 35.7 Å². The summed E-state index contributed by atoms with van der Waals surface area (Å²) in [5.41, 5.74) is 0.112. The van der Waals surface area contributed by atoms with Crippen LogP contribution >= 0.6 is 15.9 Å². The Morgan fingerprint density at radius 2 is 2.14 bits per heavy atom. The fourth-order valence-corrected chi connectivity index (χ4v) is 2.32. The third-order valence-corrected chi connectivity index (χ3v) is 4.01. The van der Waals surface area contributed by atoms with Gasteiger partial charge in [-0.05, 0) is 47.5 Å². The molecule has 1 aliphatic rings. The van der Waals surface area contributed by atoms with Gasteiger partial charge >= 0.3 is 5.97 Å². The van der Waals surface area contributed by atoms with E-state index in [2.05, 4.69) is 15.9 Å². The van der Waals surface area contributed by atoms with Crippen LogP contribution in [0.15, 0.2) is 22.7 Å². The molecule has 0 bridgehead atoms. The fraction of sp³-hybridized carbons (Fsp3) is 0.467. The maximum Gasteiger partial charge on any atom is 0.325 e. The molecule has 1 amide bonds. The number of hydrogen-bond acceptors (Lipinski definition) is 3. The van der Waals surface area contributed by atoms with Gasteiger partial charge in [-0.2, -0.15) is 0 Å². The molecule has 1 aliphatic carbocycles. The number of nitrogens with zero attached hydrogens (tertiary/aromatic N) is 1. The normalized spacial score (nSPS) is 19.6. The molecule has 120 valence electrons. The highest BCUT2D eigenvalue weighted by Gasteiger charge is 2.40. The lowest BCUT2D eigenvalue weighted by molar-refractivity contribution is -0.143. The van der Waals surface area contributed by atoms with Crippen LogP contribution in [0.2, 0.25) is 0 Å². The van der Waals surface area contributed by atoms with Gasteiger partial charge in [0.15, 0.2) is 0 Å². The lowest BCUT2D eigenvalue weighted by Gasteiger charge is -2.21. The maximum absolute atomic E-state index is 13.6. The number of benzene rings is 1. The first-order valence-electron chi connectivity index (χ1n) is 6.96. The Hall–Kier alpha value is -1.50. The van der Waals surface area contributed by atoms with Crippen LogP contribution < -0.4 is 0 Å². The Morgan fingerprint density at radius 1 is 1.45 bits per heavy atom. The predicted molar refractivity (Wildman–Crippen MR) is 79.6 cm³/mol. The van der Waals surface area contributed by atoms with Gasteiger partial charge in [-0.3, -0.25) is 9.59 Å². The smallest absolute Gasteiger partial charge is 0.325 e. The summed E-state index contributed by atoms with van der Waals surface area (Å²) in [6.07, 6.45) is -0.569. The molecule has 2 atom stereocenters. The minimum Gasteiger partial charge on any atom is -0.465 e. The van der Waals surface area contributed by atoms with Crippen molar-refractivity contribution in [3.8, 4) is 0 Å². The molecule has 0 radical (unpaired) electrons. The molecule has 0 saturated heterocycles. The monoisotopic (exact) mass is 375 g/mol. The third-order valence-electron chi connectivity index (χ3n) is 3.37. The number of amides is 1. The van der Waals surface area contributed by atoms with Crippen molar-refractivity contribution in [1.82, 2.24) is 4.90 Å². The first-order valence-corrected chi connectivity index (χ1v) is 7.75. The molecule has 7 heteroatoms. The van der Waals surface area contributed by atoms with Crippen LogP contribution in [0.5, 0.6) is 0 Å². The first kappa shape index (κ1) is 16.9. The van der Waals surface area contributed by atoms with Gasteiger partial charge in [0.1, 0.15) is 18.5 Å². The second kappa shape index (κ2) is 7.17. The van der Waals surface area contributed by atoms with Crippen LogP contribution in [0.3, 0.4) is 0 Å². The highest BCUT2D eigenvalue weighted by molar-refractivity contribution is 9.10. The zero-order valence-corrected chi connectivity index (χ0v) is 13.6. The fourth-order valence-electron chi connectivity index (χ4n) is 2.08.